The Balaban J connectivity index is 1.67. The van der Waals surface area contributed by atoms with Gasteiger partial charge < -0.3 is 20.1 Å². The van der Waals surface area contributed by atoms with E-state index in [1.165, 1.54) is 41.0 Å². The van der Waals surface area contributed by atoms with Gasteiger partial charge in [0.15, 0.2) is 13.6 Å². The van der Waals surface area contributed by atoms with Gasteiger partial charge in [0.1, 0.15) is 0 Å². The van der Waals surface area contributed by atoms with Crippen LogP contribution >= 0.6 is 11.6 Å². The topological polar surface area (TPSA) is 91.6 Å². The number of halogens is 5. The Morgan fingerprint density at radius 2 is 1.76 bits per heavy atom. The van der Waals surface area contributed by atoms with E-state index in [-0.39, 0.29) is 28.3 Å². The first-order chi connectivity index (χ1) is 19.7. The van der Waals surface area contributed by atoms with Gasteiger partial charge in [-0.05, 0) is 59.7 Å². The lowest BCUT2D eigenvalue weighted by Crippen LogP contribution is -2.31. The number of nitrogens with one attached hydrogen (secondary N) is 1. The van der Waals surface area contributed by atoms with Crippen LogP contribution in [-0.2, 0) is 29.9 Å². The normalized spacial score (nSPS) is 14.9. The molecule has 0 aliphatic heterocycles. The molecule has 1 aromatic heterocycles. The molecule has 4 aromatic rings. The molecule has 42 heavy (non-hydrogen) atoms. The molecular formula is C29H26BClF4N2O4S. The van der Waals surface area contributed by atoms with Crippen molar-refractivity contribution in [3.05, 3.63) is 99.7 Å². The van der Waals surface area contributed by atoms with E-state index in [4.69, 9.17) is 19.4 Å². The summed E-state index contributed by atoms with van der Waals surface area (Å²) in [5, 5.41) is 22.6. The fourth-order valence-electron chi connectivity index (χ4n) is 4.68. The lowest BCUT2D eigenvalue weighted by atomic mass is 9.96. The lowest BCUT2D eigenvalue weighted by Gasteiger charge is -2.20. The minimum Gasteiger partial charge on any atom is -0.394 e. The number of hydrogen-bond donors (Lipinski definition) is 3. The molecule has 4 rings (SSSR count). The van der Waals surface area contributed by atoms with Gasteiger partial charge in [0.25, 0.3) is 5.91 Å². The van der Waals surface area contributed by atoms with Gasteiger partial charge in [-0.2, -0.15) is 13.2 Å². The molecule has 0 fully saturated rings. The van der Waals surface area contributed by atoms with E-state index in [0.717, 1.165) is 6.07 Å². The minimum atomic E-state index is -4.70. The second kappa shape index (κ2) is 12.6. The molecule has 0 saturated heterocycles. The molecule has 220 valence electrons. The van der Waals surface area contributed by atoms with Crippen LogP contribution in [0, 0.1) is 0 Å². The summed E-state index contributed by atoms with van der Waals surface area (Å²) in [7, 11) is 4.05. The van der Waals surface area contributed by atoms with Crippen LogP contribution in [0.25, 0.3) is 10.9 Å². The van der Waals surface area contributed by atoms with Crippen LogP contribution in [0.5, 0.6) is 0 Å². The smallest absolute Gasteiger partial charge is 0.394 e. The molecule has 3 N–H and O–H groups in total. The third-order valence-corrected chi connectivity index (χ3v) is 8.23. The number of carbonyl (C=O) groups excluding carboxylic acids is 1. The zero-order chi connectivity index (χ0) is 30.8. The van der Waals surface area contributed by atoms with Gasteiger partial charge in [-0.3, -0.25) is 9.00 Å². The molecule has 1 heterocycles. The van der Waals surface area contributed by atoms with Gasteiger partial charge >= 0.3 is 6.18 Å². The highest BCUT2D eigenvalue weighted by Gasteiger charge is 2.34. The summed E-state index contributed by atoms with van der Waals surface area (Å²) in [6.07, 6.45) is -5.00. The van der Waals surface area contributed by atoms with E-state index in [0.29, 0.717) is 27.1 Å². The maximum Gasteiger partial charge on any atom is 0.416 e. The van der Waals surface area contributed by atoms with Gasteiger partial charge in [0.2, 0.25) is 0 Å². The van der Waals surface area contributed by atoms with Gasteiger partial charge in [-0.25, -0.2) is 4.39 Å². The average Bonchev–Trinajstić information content (AvgIpc) is 3.26. The zero-order valence-electron chi connectivity index (χ0n) is 22.3. The fraction of sp³-hybridized carbons (Fsp3) is 0.276. The summed E-state index contributed by atoms with van der Waals surface area (Å²) in [6.45, 7) is 0.594. The van der Waals surface area contributed by atoms with Crippen molar-refractivity contribution < 1.29 is 36.8 Å². The van der Waals surface area contributed by atoms with Crippen molar-refractivity contribution >= 4 is 47.1 Å². The van der Waals surface area contributed by atoms with E-state index >= 15 is 0 Å². The Labute approximate surface area is 248 Å². The SMILES string of the molecule is [B]C(O)(F)Cn1c(Cc2ccc(Cl)cc2C(F)(F)F)cc2cc(C(=O)NC(CO)c3ccc(S(=O)CC)cc3)ccc21. The number of carbonyl (C=O) groups is 1. The first-order valence-electron chi connectivity index (χ1n) is 12.8. The Bertz CT molecular complexity index is 1620. The molecule has 6 nitrogen and oxygen atoms in total. The molecule has 1 amide bonds. The Morgan fingerprint density at radius 1 is 1.07 bits per heavy atom. The van der Waals surface area contributed by atoms with Crippen LogP contribution < -0.4 is 5.32 Å². The van der Waals surface area contributed by atoms with Crippen LogP contribution in [0.2, 0.25) is 5.02 Å². The van der Waals surface area contributed by atoms with Crippen molar-refractivity contribution in [1.29, 1.82) is 0 Å². The first kappa shape index (κ1) is 31.7. The summed E-state index contributed by atoms with van der Waals surface area (Å²) in [5.74, 6) is -3.27. The monoisotopic (exact) mass is 620 g/mol. The molecule has 3 unspecified atom stereocenters. The molecule has 0 aliphatic rings. The Morgan fingerprint density at radius 3 is 2.36 bits per heavy atom. The van der Waals surface area contributed by atoms with Crippen molar-refractivity contribution in [3.8, 4) is 0 Å². The third-order valence-electron chi connectivity index (χ3n) is 6.67. The number of benzene rings is 3. The van der Waals surface area contributed by atoms with Crippen molar-refractivity contribution in [1.82, 2.24) is 9.88 Å². The van der Waals surface area contributed by atoms with Crippen molar-refractivity contribution in [2.45, 2.75) is 42.8 Å². The number of hydrogen-bond acceptors (Lipinski definition) is 4. The molecule has 3 atom stereocenters. The highest BCUT2D eigenvalue weighted by molar-refractivity contribution is 7.85. The number of amides is 1. The average molecular weight is 621 g/mol. The molecule has 3 aromatic carbocycles. The molecule has 13 heteroatoms. The molecule has 0 spiro atoms. The summed E-state index contributed by atoms with van der Waals surface area (Å²) >= 11 is 5.80. The summed E-state index contributed by atoms with van der Waals surface area (Å²) < 4.78 is 68.6. The highest BCUT2D eigenvalue weighted by Crippen LogP contribution is 2.36. The summed E-state index contributed by atoms with van der Waals surface area (Å²) in [4.78, 5) is 13.7. The minimum absolute atomic E-state index is 0.101. The molecular weight excluding hydrogens is 595 g/mol. The molecule has 2 radical (unpaired) electrons. The van der Waals surface area contributed by atoms with E-state index in [1.807, 2.05) is 0 Å². The number of fused-ring (bicyclic) bond motifs is 1. The first-order valence-corrected chi connectivity index (χ1v) is 14.5. The van der Waals surface area contributed by atoms with Crippen LogP contribution in [0.1, 0.15) is 45.7 Å². The van der Waals surface area contributed by atoms with Crippen molar-refractivity contribution in [2.75, 3.05) is 12.4 Å². The van der Waals surface area contributed by atoms with E-state index in [1.54, 1.807) is 31.2 Å². The predicted octanol–water partition coefficient (Wildman–Crippen LogP) is 5.28. The van der Waals surface area contributed by atoms with Gasteiger partial charge in [-0.15, -0.1) is 0 Å². The Kier molecular flexibility index (Phi) is 9.51. The maximum absolute atomic E-state index is 14.2. The summed E-state index contributed by atoms with van der Waals surface area (Å²) in [6, 6.07) is 15.1. The van der Waals surface area contributed by atoms with Crippen molar-refractivity contribution in [3.63, 3.8) is 0 Å². The zero-order valence-corrected chi connectivity index (χ0v) is 23.9. The van der Waals surface area contributed by atoms with Gasteiger partial charge in [0, 0.05) is 44.3 Å². The largest absolute Gasteiger partial charge is 0.416 e. The molecule has 0 saturated carbocycles. The van der Waals surface area contributed by atoms with Gasteiger partial charge in [-0.1, -0.05) is 36.7 Å². The van der Waals surface area contributed by atoms with Crippen LogP contribution in [-0.4, -0.2) is 50.9 Å². The lowest BCUT2D eigenvalue weighted by molar-refractivity contribution is -0.138. The predicted molar refractivity (Wildman–Crippen MR) is 154 cm³/mol. The second-order valence-corrected chi connectivity index (χ2v) is 11.9. The van der Waals surface area contributed by atoms with Crippen LogP contribution in [0.15, 0.2) is 71.6 Å². The number of aliphatic hydroxyl groups is 2. The fourth-order valence-corrected chi connectivity index (χ4v) is 5.63. The number of aromatic nitrogens is 1. The molecule has 0 bridgehead atoms. The highest BCUT2D eigenvalue weighted by atomic mass is 35.5. The number of alkyl halides is 4. The van der Waals surface area contributed by atoms with Crippen LogP contribution in [0.3, 0.4) is 0 Å². The quantitative estimate of drug-likeness (QED) is 0.166. The summed E-state index contributed by atoms with van der Waals surface area (Å²) in [5.41, 5.74) is 0.190. The standard InChI is InChI=1S/C29H26BClF4N2O4S/c1-2-42(41)23-8-4-17(5-9-23)25(15-38)36-27(39)19-6-10-26-20(11-19)13-22(37(26)16-28(30,32)40)12-18-3-7-21(31)14-24(18)29(33,34)35/h3-11,13-14,25,38,40H,2,12,15-16H2,1H3,(H,36,39). The second-order valence-electron chi connectivity index (χ2n) is 9.70. The van der Waals surface area contributed by atoms with Crippen LogP contribution in [0.4, 0.5) is 17.6 Å². The number of rotatable bonds is 10. The third kappa shape index (κ3) is 7.41. The van der Waals surface area contributed by atoms with Crippen molar-refractivity contribution in [2.24, 2.45) is 0 Å². The maximum atomic E-state index is 14.2. The van der Waals surface area contributed by atoms with E-state index in [9.17, 15) is 36.8 Å². The Hall–Kier alpha value is -3.19. The van der Waals surface area contributed by atoms with E-state index in [2.05, 4.69) is 5.32 Å². The van der Waals surface area contributed by atoms with Gasteiger partial charge in [0.05, 0.1) is 35.6 Å². The molecule has 0 aliphatic carbocycles. The number of aliphatic hydroxyl groups excluding tert-OH is 1. The van der Waals surface area contributed by atoms with E-state index < -0.39 is 53.4 Å². The number of nitrogens with zero attached hydrogens (tertiary/aromatic N) is 1.